The molecule has 0 atom stereocenters. The van der Waals surface area contributed by atoms with E-state index in [4.69, 9.17) is 4.74 Å². The molecule has 0 saturated carbocycles. The summed E-state index contributed by atoms with van der Waals surface area (Å²) >= 11 is 0. The van der Waals surface area contributed by atoms with Crippen LogP contribution in [0.15, 0.2) is 47.9 Å². The molecule has 0 unspecified atom stereocenters. The molecule has 4 nitrogen and oxygen atoms in total. The lowest BCUT2D eigenvalue weighted by Gasteiger charge is -2.09. The van der Waals surface area contributed by atoms with Crippen LogP contribution in [-0.2, 0) is 18.0 Å². The highest BCUT2D eigenvalue weighted by Gasteiger charge is 2.16. The third-order valence-electron chi connectivity index (χ3n) is 3.75. The molecular weight excluding hydrogens is 264 g/mol. The average molecular weight is 282 g/mol. The number of ether oxygens (including phenoxy) is 1. The van der Waals surface area contributed by atoms with E-state index in [0.717, 1.165) is 27.4 Å². The van der Waals surface area contributed by atoms with E-state index in [9.17, 15) is 4.79 Å². The monoisotopic (exact) mass is 282 g/mol. The van der Waals surface area contributed by atoms with Gasteiger partial charge in [0.25, 0.3) is 5.56 Å². The Bertz CT molecular complexity index is 887. The second-order valence-electron chi connectivity index (χ2n) is 5.14. The van der Waals surface area contributed by atoms with Gasteiger partial charge in [-0.3, -0.25) is 4.79 Å². The van der Waals surface area contributed by atoms with Crippen LogP contribution in [0.25, 0.3) is 21.8 Å². The zero-order chi connectivity index (χ0) is 15.0. The number of hydrogen-bond donors (Lipinski definition) is 0. The summed E-state index contributed by atoms with van der Waals surface area (Å²) in [7, 11) is 1.66. The molecule has 2 heterocycles. The number of allylic oxidation sites excluding steroid dienone is 1. The second-order valence-corrected chi connectivity index (χ2v) is 5.14. The van der Waals surface area contributed by atoms with Crippen molar-refractivity contribution in [2.45, 2.75) is 20.2 Å². The number of aromatic nitrogens is 2. The maximum atomic E-state index is 12.8. The van der Waals surface area contributed by atoms with Gasteiger partial charge in [-0.15, -0.1) is 6.58 Å². The molecule has 0 aliphatic rings. The van der Waals surface area contributed by atoms with Crippen LogP contribution in [0.3, 0.4) is 0 Å². The first-order valence-corrected chi connectivity index (χ1v) is 6.90. The molecule has 3 aromatic rings. The van der Waals surface area contributed by atoms with Gasteiger partial charge in [0.15, 0.2) is 0 Å². The molecule has 2 aromatic heterocycles. The van der Waals surface area contributed by atoms with Gasteiger partial charge in [0.05, 0.1) is 16.4 Å². The van der Waals surface area contributed by atoms with E-state index < -0.39 is 0 Å². The molecule has 0 aliphatic heterocycles. The van der Waals surface area contributed by atoms with Gasteiger partial charge in [0, 0.05) is 25.2 Å². The Balaban J connectivity index is 2.54. The second kappa shape index (κ2) is 5.22. The highest BCUT2D eigenvalue weighted by molar-refractivity contribution is 6.08. The molecule has 0 amide bonds. The fourth-order valence-corrected chi connectivity index (χ4v) is 2.96. The topological polar surface area (TPSA) is 36.2 Å². The molecule has 21 heavy (non-hydrogen) atoms. The first-order valence-electron chi connectivity index (χ1n) is 6.90. The van der Waals surface area contributed by atoms with Crippen LogP contribution >= 0.6 is 0 Å². The summed E-state index contributed by atoms with van der Waals surface area (Å²) in [4.78, 5) is 12.8. The van der Waals surface area contributed by atoms with E-state index in [1.807, 2.05) is 37.4 Å². The highest BCUT2D eigenvalue weighted by Crippen LogP contribution is 2.28. The third-order valence-corrected chi connectivity index (χ3v) is 3.75. The van der Waals surface area contributed by atoms with Gasteiger partial charge < -0.3 is 13.9 Å². The number of nitrogens with zero attached hydrogens (tertiary/aromatic N) is 2. The van der Waals surface area contributed by atoms with E-state index in [0.29, 0.717) is 13.3 Å². The summed E-state index contributed by atoms with van der Waals surface area (Å²) in [6, 6.07) is 7.94. The Morgan fingerprint density at radius 3 is 2.81 bits per heavy atom. The van der Waals surface area contributed by atoms with E-state index >= 15 is 0 Å². The van der Waals surface area contributed by atoms with Crippen molar-refractivity contribution in [1.29, 1.82) is 0 Å². The Kier molecular flexibility index (Phi) is 3.39. The van der Waals surface area contributed by atoms with E-state index in [1.54, 1.807) is 17.8 Å². The number of benzene rings is 1. The average Bonchev–Trinajstić information content (AvgIpc) is 2.81. The highest BCUT2D eigenvalue weighted by atomic mass is 16.5. The molecule has 0 saturated heterocycles. The number of hydrogen-bond acceptors (Lipinski definition) is 2. The van der Waals surface area contributed by atoms with Crippen LogP contribution in [0.1, 0.15) is 5.56 Å². The zero-order valence-electron chi connectivity index (χ0n) is 12.3. The molecule has 0 radical (unpaired) electrons. The predicted molar refractivity (Wildman–Crippen MR) is 85.6 cm³/mol. The van der Waals surface area contributed by atoms with E-state index in [1.165, 1.54) is 0 Å². The minimum Gasteiger partial charge on any atom is -0.364 e. The van der Waals surface area contributed by atoms with Crippen molar-refractivity contribution in [3.8, 4) is 0 Å². The minimum absolute atomic E-state index is 0.0153. The molecule has 4 heteroatoms. The lowest BCUT2D eigenvalue weighted by atomic mass is 10.1. The molecular formula is C17H18N2O2. The molecule has 1 aromatic carbocycles. The van der Waals surface area contributed by atoms with Crippen LogP contribution in [0, 0.1) is 6.92 Å². The lowest BCUT2D eigenvalue weighted by Crippen LogP contribution is -2.19. The van der Waals surface area contributed by atoms with Crippen molar-refractivity contribution in [3.63, 3.8) is 0 Å². The molecule has 0 N–H and O–H groups in total. The quantitative estimate of drug-likeness (QED) is 0.690. The summed E-state index contributed by atoms with van der Waals surface area (Å²) in [5, 5.41) is 1.72. The van der Waals surface area contributed by atoms with Crippen molar-refractivity contribution in [2.24, 2.45) is 0 Å². The minimum atomic E-state index is 0.0153. The van der Waals surface area contributed by atoms with Crippen LogP contribution in [0.5, 0.6) is 0 Å². The van der Waals surface area contributed by atoms with E-state index in [2.05, 4.69) is 11.1 Å². The number of pyridine rings is 1. The number of para-hydroxylation sites is 1. The first-order chi connectivity index (χ1) is 10.2. The van der Waals surface area contributed by atoms with Crippen molar-refractivity contribution in [1.82, 2.24) is 9.13 Å². The molecule has 0 spiro atoms. The van der Waals surface area contributed by atoms with Gasteiger partial charge in [-0.05, 0) is 18.6 Å². The van der Waals surface area contributed by atoms with Gasteiger partial charge in [-0.1, -0.05) is 24.3 Å². The molecule has 108 valence electrons. The summed E-state index contributed by atoms with van der Waals surface area (Å²) in [6.07, 6.45) is 3.62. The van der Waals surface area contributed by atoms with E-state index in [-0.39, 0.29) is 5.56 Å². The summed E-state index contributed by atoms with van der Waals surface area (Å²) < 4.78 is 9.07. The Morgan fingerprint density at radius 1 is 1.33 bits per heavy atom. The number of fused-ring (bicyclic) bond motifs is 3. The molecule has 0 aliphatic carbocycles. The Morgan fingerprint density at radius 2 is 2.10 bits per heavy atom. The Labute approximate surface area is 122 Å². The summed E-state index contributed by atoms with van der Waals surface area (Å²) in [6.45, 7) is 6.68. The fraction of sp³-hybridized carbons (Fsp3) is 0.235. The fourth-order valence-electron chi connectivity index (χ4n) is 2.96. The van der Waals surface area contributed by atoms with Gasteiger partial charge in [-0.25, -0.2) is 0 Å². The molecule has 0 fully saturated rings. The van der Waals surface area contributed by atoms with Gasteiger partial charge in [0.1, 0.15) is 6.73 Å². The molecule has 0 bridgehead atoms. The number of rotatable bonds is 4. The van der Waals surface area contributed by atoms with Crippen molar-refractivity contribution in [2.75, 3.05) is 7.11 Å². The maximum Gasteiger partial charge on any atom is 0.260 e. The number of methoxy groups -OCH3 is 1. The van der Waals surface area contributed by atoms with Crippen LogP contribution in [0.4, 0.5) is 0 Å². The Hall–Kier alpha value is -2.33. The van der Waals surface area contributed by atoms with Crippen LogP contribution in [0.2, 0.25) is 0 Å². The SMILES string of the molecule is C=CCn1cc(C)c2c(c1=O)c1ccccc1n2COC. The largest absolute Gasteiger partial charge is 0.364 e. The zero-order valence-corrected chi connectivity index (χ0v) is 12.3. The van der Waals surface area contributed by atoms with Gasteiger partial charge >= 0.3 is 0 Å². The summed E-state index contributed by atoms with van der Waals surface area (Å²) in [5.74, 6) is 0. The van der Waals surface area contributed by atoms with Crippen molar-refractivity contribution < 1.29 is 4.74 Å². The lowest BCUT2D eigenvalue weighted by molar-refractivity contribution is 0.138. The predicted octanol–water partition coefficient (Wildman–Crippen LogP) is 3.05. The van der Waals surface area contributed by atoms with Gasteiger partial charge in [-0.2, -0.15) is 0 Å². The molecule has 3 rings (SSSR count). The third kappa shape index (κ3) is 1.99. The summed E-state index contributed by atoms with van der Waals surface area (Å²) in [5.41, 5.74) is 3.04. The normalized spacial score (nSPS) is 11.3. The van der Waals surface area contributed by atoms with Crippen molar-refractivity contribution in [3.05, 3.63) is 59.0 Å². The number of aryl methyl sites for hydroxylation is 1. The smallest absolute Gasteiger partial charge is 0.260 e. The van der Waals surface area contributed by atoms with Crippen molar-refractivity contribution >= 4 is 21.8 Å². The maximum absolute atomic E-state index is 12.8. The van der Waals surface area contributed by atoms with Crippen LogP contribution < -0.4 is 5.56 Å². The van der Waals surface area contributed by atoms with Crippen LogP contribution in [-0.4, -0.2) is 16.2 Å². The first kappa shape index (κ1) is 13.6. The standard InChI is InChI=1S/C17H18N2O2/c1-4-9-18-10-12(2)16-15(17(18)20)13-7-5-6-8-14(13)19(16)11-21-3/h4-8,10H,1,9,11H2,2-3H3. The van der Waals surface area contributed by atoms with Gasteiger partial charge in [0.2, 0.25) is 0 Å².